The number of piperidine rings is 1. The third kappa shape index (κ3) is 5.02. The number of anilines is 1. The lowest BCUT2D eigenvalue weighted by molar-refractivity contribution is 0.00171. The fourth-order valence-corrected chi connectivity index (χ4v) is 5.42. The van der Waals surface area contributed by atoms with Crippen LogP contribution in [0.3, 0.4) is 0 Å². The highest BCUT2D eigenvalue weighted by Gasteiger charge is 2.35. The van der Waals surface area contributed by atoms with Gasteiger partial charge in [-0.2, -0.15) is 15.0 Å². The quantitative estimate of drug-likeness (QED) is 0.432. The van der Waals surface area contributed by atoms with Crippen LogP contribution >= 0.6 is 0 Å². The van der Waals surface area contributed by atoms with Crippen molar-refractivity contribution in [1.29, 1.82) is 0 Å². The molecule has 0 amide bonds. The summed E-state index contributed by atoms with van der Waals surface area (Å²) in [6.07, 6.45) is 0.441. The van der Waals surface area contributed by atoms with Gasteiger partial charge in [0.25, 0.3) is 6.43 Å². The van der Waals surface area contributed by atoms with E-state index in [1.807, 2.05) is 4.90 Å². The van der Waals surface area contributed by atoms with Crippen molar-refractivity contribution in [2.45, 2.75) is 31.7 Å². The van der Waals surface area contributed by atoms with Crippen molar-refractivity contribution in [2.24, 2.45) is 0 Å². The fraction of sp³-hybridized carbons (Fsp3) is 0.565. The van der Waals surface area contributed by atoms with E-state index in [1.54, 1.807) is 23.2 Å². The maximum Gasteiger partial charge on any atom is 0.296 e. The molecule has 2 aliphatic rings. The first kappa shape index (κ1) is 26.6. The Morgan fingerprint density at radius 2 is 1.82 bits per heavy atom. The minimum absolute atomic E-state index is 0.0184. The monoisotopic (exact) mass is 552 g/mol. The molecule has 0 unspecified atom stereocenters. The topological polar surface area (TPSA) is 119 Å². The molecule has 0 N–H and O–H groups in total. The molecule has 0 bridgehead atoms. The number of alkyl halides is 2. The predicted octanol–water partition coefficient (Wildman–Crippen LogP) is 2.33. The summed E-state index contributed by atoms with van der Waals surface area (Å²) in [4.78, 5) is 20.1. The maximum absolute atomic E-state index is 14.3. The van der Waals surface area contributed by atoms with Crippen molar-refractivity contribution in [2.75, 3.05) is 58.2 Å². The maximum atomic E-state index is 14.3. The molecular weight excluding hydrogens is 522 g/mol. The van der Waals surface area contributed by atoms with Crippen LogP contribution in [-0.2, 0) is 14.8 Å². The van der Waals surface area contributed by atoms with Crippen LogP contribution in [0, 0.1) is 0 Å². The summed E-state index contributed by atoms with van der Waals surface area (Å²) in [6.45, 7) is 2.45. The SMILES string of the molecule is COc1cccc2c1nc(C(F)F)n2-c1nc([C@H]2CCCCN2N(C)S(C)(=O)=O)nc(N2CCOCC2)n1. The van der Waals surface area contributed by atoms with Gasteiger partial charge in [-0.1, -0.05) is 12.5 Å². The van der Waals surface area contributed by atoms with Crippen LogP contribution in [0.2, 0.25) is 0 Å². The zero-order chi connectivity index (χ0) is 27.0. The van der Waals surface area contributed by atoms with Crippen LogP contribution in [0.25, 0.3) is 17.0 Å². The van der Waals surface area contributed by atoms with Crippen LogP contribution < -0.4 is 9.64 Å². The molecule has 12 nitrogen and oxygen atoms in total. The number of morpholine rings is 1. The smallest absolute Gasteiger partial charge is 0.296 e. The van der Waals surface area contributed by atoms with Crippen molar-refractivity contribution >= 4 is 27.0 Å². The van der Waals surface area contributed by atoms with Crippen LogP contribution in [0.15, 0.2) is 18.2 Å². The van der Waals surface area contributed by atoms with E-state index in [9.17, 15) is 17.2 Å². The molecule has 0 radical (unpaired) electrons. The number of hydrogen-bond donors (Lipinski definition) is 0. The molecular formula is C23H30F2N8O4S. The summed E-state index contributed by atoms with van der Waals surface area (Å²) >= 11 is 0. The average Bonchev–Trinajstić information content (AvgIpc) is 3.33. The normalized spacial score (nSPS) is 19.6. The number of halogens is 2. The molecule has 2 fully saturated rings. The molecule has 0 aliphatic carbocycles. The van der Waals surface area contributed by atoms with Gasteiger partial charge in [0.2, 0.25) is 21.9 Å². The number of methoxy groups -OCH3 is 1. The zero-order valence-corrected chi connectivity index (χ0v) is 22.2. The van der Waals surface area contributed by atoms with E-state index in [-0.39, 0.29) is 11.5 Å². The highest BCUT2D eigenvalue weighted by Crippen LogP contribution is 2.35. The van der Waals surface area contributed by atoms with E-state index >= 15 is 0 Å². The number of hydrazine groups is 1. The van der Waals surface area contributed by atoms with E-state index in [2.05, 4.69) is 15.0 Å². The number of benzene rings is 1. The summed E-state index contributed by atoms with van der Waals surface area (Å²) in [6, 6.07) is 4.49. The van der Waals surface area contributed by atoms with E-state index in [1.165, 1.54) is 23.1 Å². The van der Waals surface area contributed by atoms with Crippen LogP contribution in [0.1, 0.15) is 43.4 Å². The van der Waals surface area contributed by atoms with Gasteiger partial charge >= 0.3 is 0 Å². The van der Waals surface area contributed by atoms with E-state index in [0.29, 0.717) is 62.3 Å². The van der Waals surface area contributed by atoms with E-state index in [0.717, 1.165) is 19.1 Å². The fourth-order valence-electron chi connectivity index (χ4n) is 4.84. The van der Waals surface area contributed by atoms with Gasteiger partial charge in [-0.25, -0.2) is 27.2 Å². The number of aromatic nitrogens is 5. The molecule has 15 heteroatoms. The standard InChI is InChI=1S/C23H30F2N8O4S/c1-30(38(3,34)35)32-10-5-4-7-16(32)20-27-22(31-11-13-37-14-12-31)29-23(28-20)33-15-8-6-9-17(36-2)18(15)26-21(33)19(24)25/h6,8-9,16,19H,4-5,7,10-14H2,1-3H3/t16-/m1/s1. The molecule has 1 aromatic carbocycles. The summed E-state index contributed by atoms with van der Waals surface area (Å²) in [5.74, 6) is 0.417. The van der Waals surface area contributed by atoms with Gasteiger partial charge in [0.15, 0.2) is 11.6 Å². The third-order valence-corrected chi connectivity index (χ3v) is 8.00. The summed E-state index contributed by atoms with van der Waals surface area (Å²) < 4.78 is 66.6. The molecule has 38 heavy (non-hydrogen) atoms. The summed E-state index contributed by atoms with van der Waals surface area (Å²) in [7, 11) is -0.612. The average molecular weight is 553 g/mol. The minimum Gasteiger partial charge on any atom is -0.494 e. The van der Waals surface area contributed by atoms with Crippen LogP contribution in [-0.4, -0.2) is 95.6 Å². The first-order chi connectivity index (χ1) is 18.2. The predicted molar refractivity (Wildman–Crippen MR) is 135 cm³/mol. The van der Waals surface area contributed by atoms with Gasteiger partial charge in [-0.15, -0.1) is 4.41 Å². The van der Waals surface area contributed by atoms with Crippen LogP contribution in [0.4, 0.5) is 14.7 Å². The van der Waals surface area contributed by atoms with Gasteiger partial charge < -0.3 is 14.4 Å². The lowest BCUT2D eigenvalue weighted by Gasteiger charge is -2.39. The second kappa shape index (κ2) is 10.6. The largest absolute Gasteiger partial charge is 0.494 e. The molecule has 0 spiro atoms. The van der Waals surface area contributed by atoms with Gasteiger partial charge in [-0.05, 0) is 25.0 Å². The summed E-state index contributed by atoms with van der Waals surface area (Å²) in [5.41, 5.74) is 0.620. The molecule has 0 saturated carbocycles. The third-order valence-electron chi connectivity index (χ3n) is 6.83. The zero-order valence-electron chi connectivity index (χ0n) is 21.4. The molecule has 206 valence electrons. The Bertz CT molecular complexity index is 1410. The van der Waals surface area contributed by atoms with Crippen molar-refractivity contribution in [3.05, 3.63) is 29.8 Å². The van der Waals surface area contributed by atoms with Crippen molar-refractivity contribution in [3.63, 3.8) is 0 Å². The molecule has 2 aromatic heterocycles. The lowest BCUT2D eigenvalue weighted by Crippen LogP contribution is -2.48. The molecule has 4 heterocycles. The van der Waals surface area contributed by atoms with Gasteiger partial charge in [0.05, 0.1) is 38.1 Å². The van der Waals surface area contributed by atoms with Crippen molar-refractivity contribution in [1.82, 2.24) is 33.9 Å². The molecule has 1 atom stereocenters. The first-order valence-corrected chi connectivity index (χ1v) is 14.2. The number of para-hydroxylation sites is 1. The number of sulfonamides is 1. The van der Waals surface area contributed by atoms with Gasteiger partial charge in [0.1, 0.15) is 11.3 Å². The minimum atomic E-state index is -3.55. The Labute approximate surface area is 219 Å². The number of hydrogen-bond acceptors (Lipinski definition) is 10. The number of fused-ring (bicyclic) bond motifs is 1. The first-order valence-electron chi connectivity index (χ1n) is 12.3. The molecule has 5 rings (SSSR count). The molecule has 2 saturated heterocycles. The Morgan fingerprint density at radius 3 is 2.50 bits per heavy atom. The van der Waals surface area contributed by atoms with E-state index in [4.69, 9.17) is 14.5 Å². The lowest BCUT2D eigenvalue weighted by atomic mass is 10.0. The van der Waals surface area contributed by atoms with E-state index < -0.39 is 28.3 Å². The van der Waals surface area contributed by atoms with Crippen molar-refractivity contribution < 1.29 is 26.7 Å². The van der Waals surface area contributed by atoms with Crippen molar-refractivity contribution in [3.8, 4) is 11.7 Å². The van der Waals surface area contributed by atoms with Gasteiger partial charge in [0, 0.05) is 26.7 Å². The van der Waals surface area contributed by atoms with Crippen LogP contribution in [0.5, 0.6) is 5.75 Å². The Morgan fingerprint density at radius 1 is 1.08 bits per heavy atom. The highest BCUT2D eigenvalue weighted by molar-refractivity contribution is 7.88. The highest BCUT2D eigenvalue weighted by atomic mass is 32.2. The second-order valence-electron chi connectivity index (χ2n) is 9.20. The number of ether oxygens (including phenoxy) is 2. The second-order valence-corrected chi connectivity index (χ2v) is 11.2. The molecule has 3 aromatic rings. The number of nitrogens with zero attached hydrogens (tertiary/aromatic N) is 8. The summed E-state index contributed by atoms with van der Waals surface area (Å²) in [5, 5.41) is 1.71. The number of imidazole rings is 1. The number of rotatable bonds is 7. The Balaban J connectivity index is 1.71. The molecule has 2 aliphatic heterocycles. The van der Waals surface area contributed by atoms with Gasteiger partial charge in [-0.3, -0.25) is 4.57 Å². The Kier molecular flexibility index (Phi) is 7.44. The Hall–Kier alpha value is -3.01.